The molecule has 0 aromatic carbocycles. The third kappa shape index (κ3) is 6.40. The Kier molecular flexibility index (Phi) is 7.63. The van der Waals surface area contributed by atoms with Crippen LogP contribution in [0, 0.1) is 11.8 Å². The molecule has 0 aromatic rings. The Balaban J connectivity index is 2.25. The lowest BCUT2D eigenvalue weighted by Crippen LogP contribution is -2.40. The molecule has 1 fully saturated rings. The van der Waals surface area contributed by atoms with Crippen molar-refractivity contribution in [3.8, 4) is 0 Å². The molecule has 116 valence electrons. The van der Waals surface area contributed by atoms with Crippen LogP contribution in [0.15, 0.2) is 0 Å². The SMILES string of the molecule is CC(=O)N(CCNC(=O)C1CCCCC1)CCC(C)C. The summed E-state index contributed by atoms with van der Waals surface area (Å²) in [6.07, 6.45) is 6.66. The van der Waals surface area contributed by atoms with Crippen LogP contribution in [0.2, 0.25) is 0 Å². The van der Waals surface area contributed by atoms with Crippen molar-refractivity contribution in [1.82, 2.24) is 10.2 Å². The van der Waals surface area contributed by atoms with Crippen molar-refractivity contribution in [1.29, 1.82) is 0 Å². The zero-order valence-electron chi connectivity index (χ0n) is 13.3. The van der Waals surface area contributed by atoms with Crippen LogP contribution in [0.25, 0.3) is 0 Å². The molecular weight excluding hydrogens is 252 g/mol. The Morgan fingerprint density at radius 1 is 1.15 bits per heavy atom. The summed E-state index contributed by atoms with van der Waals surface area (Å²) in [5, 5.41) is 2.99. The van der Waals surface area contributed by atoms with Crippen LogP contribution in [-0.2, 0) is 9.59 Å². The van der Waals surface area contributed by atoms with Gasteiger partial charge in [-0.05, 0) is 25.2 Å². The van der Waals surface area contributed by atoms with Gasteiger partial charge in [0.15, 0.2) is 0 Å². The second-order valence-corrected chi connectivity index (χ2v) is 6.31. The minimum atomic E-state index is 0.0950. The molecule has 2 amide bonds. The molecule has 0 spiro atoms. The molecule has 0 aliphatic heterocycles. The first kappa shape index (κ1) is 17.0. The number of hydrogen-bond donors (Lipinski definition) is 1. The summed E-state index contributed by atoms with van der Waals surface area (Å²) in [6.45, 7) is 7.90. The zero-order valence-corrected chi connectivity index (χ0v) is 13.3. The predicted octanol–water partition coefficient (Wildman–Crippen LogP) is 2.58. The van der Waals surface area contributed by atoms with Gasteiger partial charge in [-0.3, -0.25) is 9.59 Å². The smallest absolute Gasteiger partial charge is 0.223 e. The second-order valence-electron chi connectivity index (χ2n) is 6.31. The minimum absolute atomic E-state index is 0.0950. The lowest BCUT2D eigenvalue weighted by molar-refractivity contribution is -0.130. The fourth-order valence-electron chi connectivity index (χ4n) is 2.66. The van der Waals surface area contributed by atoms with Gasteiger partial charge < -0.3 is 10.2 Å². The van der Waals surface area contributed by atoms with Crippen LogP contribution in [0.5, 0.6) is 0 Å². The lowest BCUT2D eigenvalue weighted by Gasteiger charge is -2.24. The van der Waals surface area contributed by atoms with Crippen molar-refractivity contribution >= 4 is 11.8 Å². The van der Waals surface area contributed by atoms with Crippen LogP contribution in [0.3, 0.4) is 0 Å². The Hall–Kier alpha value is -1.06. The Labute approximate surface area is 123 Å². The molecule has 0 atom stereocenters. The number of nitrogens with one attached hydrogen (secondary N) is 1. The maximum atomic E-state index is 12.0. The largest absolute Gasteiger partial charge is 0.354 e. The topological polar surface area (TPSA) is 49.4 Å². The summed E-state index contributed by atoms with van der Waals surface area (Å²) in [7, 11) is 0. The van der Waals surface area contributed by atoms with Gasteiger partial charge in [-0.15, -0.1) is 0 Å². The van der Waals surface area contributed by atoms with E-state index in [1.807, 2.05) is 4.90 Å². The Morgan fingerprint density at radius 2 is 1.80 bits per heavy atom. The molecule has 0 aromatic heterocycles. The number of carbonyl (C=O) groups is 2. The van der Waals surface area contributed by atoms with Gasteiger partial charge in [0.1, 0.15) is 0 Å². The quantitative estimate of drug-likeness (QED) is 0.780. The van der Waals surface area contributed by atoms with E-state index >= 15 is 0 Å². The summed E-state index contributed by atoms with van der Waals surface area (Å²) in [4.78, 5) is 25.4. The fourth-order valence-corrected chi connectivity index (χ4v) is 2.66. The average Bonchev–Trinajstić information content (AvgIpc) is 2.42. The van der Waals surface area contributed by atoms with Gasteiger partial charge in [0, 0.05) is 32.5 Å². The van der Waals surface area contributed by atoms with E-state index in [0.29, 0.717) is 19.0 Å². The molecule has 1 saturated carbocycles. The molecule has 1 rings (SSSR count). The molecule has 0 radical (unpaired) electrons. The fraction of sp³-hybridized carbons (Fsp3) is 0.875. The van der Waals surface area contributed by atoms with Crippen LogP contribution >= 0.6 is 0 Å². The molecule has 0 saturated heterocycles. The monoisotopic (exact) mass is 282 g/mol. The highest BCUT2D eigenvalue weighted by Gasteiger charge is 2.20. The van der Waals surface area contributed by atoms with Crippen LogP contribution in [0.1, 0.15) is 59.3 Å². The third-order valence-corrected chi connectivity index (χ3v) is 4.08. The molecule has 1 aliphatic carbocycles. The van der Waals surface area contributed by atoms with E-state index in [2.05, 4.69) is 19.2 Å². The standard InChI is InChI=1S/C16H30N2O2/c1-13(2)9-11-18(14(3)19)12-10-17-16(20)15-7-5-4-6-8-15/h13,15H,4-12H2,1-3H3,(H,17,20). The number of carbonyl (C=O) groups excluding carboxylic acids is 2. The highest BCUT2D eigenvalue weighted by atomic mass is 16.2. The molecule has 1 aliphatic rings. The summed E-state index contributed by atoms with van der Waals surface area (Å²) < 4.78 is 0. The lowest BCUT2D eigenvalue weighted by atomic mass is 9.89. The first-order valence-corrected chi connectivity index (χ1v) is 8.04. The van der Waals surface area contributed by atoms with Crippen molar-refractivity contribution in [2.45, 2.75) is 59.3 Å². The van der Waals surface area contributed by atoms with Gasteiger partial charge >= 0.3 is 0 Å². The average molecular weight is 282 g/mol. The number of hydrogen-bond acceptors (Lipinski definition) is 2. The summed E-state index contributed by atoms with van der Waals surface area (Å²) >= 11 is 0. The van der Waals surface area contributed by atoms with Gasteiger partial charge in [-0.25, -0.2) is 0 Å². The van der Waals surface area contributed by atoms with Crippen molar-refractivity contribution in [3.63, 3.8) is 0 Å². The molecule has 20 heavy (non-hydrogen) atoms. The maximum absolute atomic E-state index is 12.0. The zero-order chi connectivity index (χ0) is 15.0. The summed E-state index contributed by atoms with van der Waals surface area (Å²) in [5.74, 6) is 1.06. The molecule has 4 heteroatoms. The van der Waals surface area contributed by atoms with E-state index in [0.717, 1.165) is 25.8 Å². The molecular formula is C16H30N2O2. The number of amides is 2. The third-order valence-electron chi connectivity index (χ3n) is 4.08. The Bertz CT molecular complexity index is 310. The molecule has 1 N–H and O–H groups in total. The van der Waals surface area contributed by atoms with Crippen molar-refractivity contribution in [3.05, 3.63) is 0 Å². The van der Waals surface area contributed by atoms with Crippen LogP contribution in [-0.4, -0.2) is 36.3 Å². The van der Waals surface area contributed by atoms with Crippen LogP contribution < -0.4 is 5.32 Å². The first-order valence-electron chi connectivity index (χ1n) is 8.04. The molecule has 0 bridgehead atoms. The van der Waals surface area contributed by atoms with Crippen molar-refractivity contribution in [2.24, 2.45) is 11.8 Å². The number of rotatable bonds is 7. The first-order chi connectivity index (χ1) is 9.50. The van der Waals surface area contributed by atoms with Gasteiger partial charge in [0.05, 0.1) is 0 Å². The minimum Gasteiger partial charge on any atom is -0.354 e. The van der Waals surface area contributed by atoms with Crippen molar-refractivity contribution < 1.29 is 9.59 Å². The second kappa shape index (κ2) is 8.98. The van der Waals surface area contributed by atoms with E-state index < -0.39 is 0 Å². The molecule has 0 unspecified atom stereocenters. The van der Waals surface area contributed by atoms with E-state index in [9.17, 15) is 9.59 Å². The predicted molar refractivity (Wildman–Crippen MR) is 81.3 cm³/mol. The normalized spacial score (nSPS) is 16.2. The van der Waals surface area contributed by atoms with Gasteiger partial charge in [0.25, 0.3) is 0 Å². The molecule has 0 heterocycles. The van der Waals surface area contributed by atoms with E-state index in [1.165, 1.54) is 19.3 Å². The van der Waals surface area contributed by atoms with Crippen LogP contribution in [0.4, 0.5) is 0 Å². The van der Waals surface area contributed by atoms with Gasteiger partial charge in [-0.2, -0.15) is 0 Å². The molecule has 4 nitrogen and oxygen atoms in total. The summed E-state index contributed by atoms with van der Waals surface area (Å²) in [5.41, 5.74) is 0. The van der Waals surface area contributed by atoms with Gasteiger partial charge in [-0.1, -0.05) is 33.1 Å². The highest BCUT2D eigenvalue weighted by molar-refractivity contribution is 5.78. The highest BCUT2D eigenvalue weighted by Crippen LogP contribution is 2.23. The van der Waals surface area contributed by atoms with Crippen molar-refractivity contribution in [2.75, 3.05) is 19.6 Å². The van der Waals surface area contributed by atoms with E-state index in [-0.39, 0.29) is 17.7 Å². The van der Waals surface area contributed by atoms with E-state index in [1.54, 1.807) is 6.92 Å². The van der Waals surface area contributed by atoms with E-state index in [4.69, 9.17) is 0 Å². The summed E-state index contributed by atoms with van der Waals surface area (Å²) in [6, 6.07) is 0. The number of nitrogens with zero attached hydrogens (tertiary/aromatic N) is 1. The van der Waals surface area contributed by atoms with Gasteiger partial charge in [0.2, 0.25) is 11.8 Å². The Morgan fingerprint density at radius 3 is 2.35 bits per heavy atom. The maximum Gasteiger partial charge on any atom is 0.223 e.